The minimum absolute atomic E-state index is 0.642. The maximum Gasteiger partial charge on any atom is 0.164 e. The minimum Gasteiger partial charge on any atom is -0.208 e. The third-order valence-corrected chi connectivity index (χ3v) is 11.3. The van der Waals surface area contributed by atoms with E-state index in [0.717, 1.165) is 33.2 Å². The van der Waals surface area contributed by atoms with Crippen molar-refractivity contribution in [1.82, 2.24) is 15.0 Å². The van der Waals surface area contributed by atoms with E-state index in [-0.39, 0.29) is 0 Å². The molecular weight excluding hydrogens is 687 g/mol. The molecule has 0 saturated carbocycles. The van der Waals surface area contributed by atoms with Gasteiger partial charge in [-0.15, -0.1) is 11.3 Å². The Bertz CT molecular complexity index is 2950. The Kier molecular flexibility index (Phi) is 8.36. The van der Waals surface area contributed by atoms with Crippen molar-refractivity contribution in [2.24, 2.45) is 0 Å². The van der Waals surface area contributed by atoms with Crippen molar-refractivity contribution >= 4 is 31.5 Å². The van der Waals surface area contributed by atoms with Gasteiger partial charge < -0.3 is 0 Å². The summed E-state index contributed by atoms with van der Waals surface area (Å²) < 4.78 is 2.43. The minimum atomic E-state index is 0.642. The number of thiophene rings is 1. The first-order chi connectivity index (χ1) is 27.2. The standard InChI is InChI=1S/C51H33N3S/c1-4-13-34(14-5-1)39-19-10-21-41(31-39)36-25-27-38(28-26-36)50-52-49(37-17-8-3-9-18-37)53-51(54-50)44-23-12-24-47-48(44)45-33-43(29-30-46(45)55-47)42-22-11-20-40(32-42)35-15-6-2-7-16-35/h1-33H. The molecule has 0 aliphatic heterocycles. The molecule has 0 bridgehead atoms. The summed E-state index contributed by atoms with van der Waals surface area (Å²) in [5.41, 5.74) is 12.4. The molecule has 0 N–H and O–H groups in total. The molecule has 0 amide bonds. The van der Waals surface area contributed by atoms with Gasteiger partial charge in [-0.05, 0) is 74.8 Å². The summed E-state index contributed by atoms with van der Waals surface area (Å²) in [7, 11) is 0. The Hall–Kier alpha value is -7.01. The third kappa shape index (κ3) is 6.39. The molecule has 0 fully saturated rings. The lowest BCUT2D eigenvalue weighted by Gasteiger charge is -2.11. The van der Waals surface area contributed by atoms with Crippen LogP contribution in [0.25, 0.3) is 98.8 Å². The predicted molar refractivity (Wildman–Crippen MR) is 231 cm³/mol. The van der Waals surface area contributed by atoms with Crippen molar-refractivity contribution in [2.75, 3.05) is 0 Å². The predicted octanol–water partition coefficient (Wildman–Crippen LogP) is 13.9. The van der Waals surface area contributed by atoms with Crippen molar-refractivity contribution in [2.45, 2.75) is 0 Å². The van der Waals surface area contributed by atoms with Crippen molar-refractivity contribution < 1.29 is 0 Å². The van der Waals surface area contributed by atoms with Gasteiger partial charge in [0.05, 0.1) is 0 Å². The first-order valence-corrected chi connectivity index (χ1v) is 19.2. The summed E-state index contributed by atoms with van der Waals surface area (Å²) in [5.74, 6) is 1.95. The topological polar surface area (TPSA) is 38.7 Å². The molecule has 55 heavy (non-hydrogen) atoms. The van der Waals surface area contributed by atoms with Gasteiger partial charge in [-0.1, -0.05) is 170 Å². The van der Waals surface area contributed by atoms with Gasteiger partial charge >= 0.3 is 0 Å². The Balaban J connectivity index is 1.08. The van der Waals surface area contributed by atoms with Crippen LogP contribution in [0.5, 0.6) is 0 Å². The largest absolute Gasteiger partial charge is 0.208 e. The first-order valence-electron chi connectivity index (χ1n) is 18.4. The van der Waals surface area contributed by atoms with Gasteiger partial charge in [0.2, 0.25) is 0 Å². The van der Waals surface area contributed by atoms with E-state index in [4.69, 9.17) is 15.0 Å². The number of aromatic nitrogens is 3. The number of nitrogens with zero attached hydrogens (tertiary/aromatic N) is 3. The smallest absolute Gasteiger partial charge is 0.164 e. The Morgan fingerprint density at radius 2 is 0.673 bits per heavy atom. The zero-order valence-corrected chi connectivity index (χ0v) is 30.6. The quantitative estimate of drug-likeness (QED) is 0.165. The molecule has 0 unspecified atom stereocenters. The van der Waals surface area contributed by atoms with E-state index in [1.807, 2.05) is 24.3 Å². The molecule has 10 aromatic rings. The van der Waals surface area contributed by atoms with Crippen LogP contribution < -0.4 is 0 Å². The van der Waals surface area contributed by atoms with Crippen molar-refractivity contribution in [3.63, 3.8) is 0 Å². The summed E-state index contributed by atoms with van der Waals surface area (Å²) in [4.78, 5) is 15.4. The lowest BCUT2D eigenvalue weighted by molar-refractivity contribution is 1.08. The van der Waals surface area contributed by atoms with E-state index in [1.54, 1.807) is 11.3 Å². The number of rotatable bonds is 7. The summed E-state index contributed by atoms with van der Waals surface area (Å²) in [6.45, 7) is 0. The Morgan fingerprint density at radius 1 is 0.273 bits per heavy atom. The lowest BCUT2D eigenvalue weighted by Crippen LogP contribution is -2.00. The van der Waals surface area contributed by atoms with E-state index in [9.17, 15) is 0 Å². The molecule has 3 nitrogen and oxygen atoms in total. The van der Waals surface area contributed by atoms with E-state index in [1.165, 1.54) is 48.2 Å². The molecule has 4 heteroatoms. The number of hydrogen-bond acceptors (Lipinski definition) is 4. The average Bonchev–Trinajstić information content (AvgIpc) is 3.66. The molecule has 2 heterocycles. The van der Waals surface area contributed by atoms with Crippen LogP contribution >= 0.6 is 11.3 Å². The highest BCUT2D eigenvalue weighted by atomic mass is 32.1. The van der Waals surface area contributed by atoms with Gasteiger partial charge in [-0.3, -0.25) is 0 Å². The highest BCUT2D eigenvalue weighted by Gasteiger charge is 2.18. The first kappa shape index (κ1) is 32.6. The van der Waals surface area contributed by atoms with Gasteiger partial charge in [0.1, 0.15) is 0 Å². The normalized spacial score (nSPS) is 11.3. The molecule has 0 spiro atoms. The average molecular weight is 720 g/mol. The Morgan fingerprint density at radius 3 is 1.25 bits per heavy atom. The van der Waals surface area contributed by atoms with Gasteiger partial charge in [0, 0.05) is 36.9 Å². The second kappa shape index (κ2) is 14.1. The molecule has 0 saturated heterocycles. The maximum absolute atomic E-state index is 5.20. The second-order valence-electron chi connectivity index (χ2n) is 13.6. The van der Waals surface area contributed by atoms with Crippen molar-refractivity contribution in [3.05, 3.63) is 200 Å². The molecular formula is C51H33N3S. The molecule has 0 radical (unpaired) electrons. The SMILES string of the molecule is c1ccc(-c2cccc(-c3ccc(-c4nc(-c5ccccc5)nc(-c5cccc6sc7ccc(-c8cccc(-c9ccccc9)c8)cc7c56)n4)cc3)c2)cc1. The monoisotopic (exact) mass is 719 g/mol. The van der Waals surface area contributed by atoms with Crippen LogP contribution in [-0.4, -0.2) is 15.0 Å². The van der Waals surface area contributed by atoms with Gasteiger partial charge in [0.25, 0.3) is 0 Å². The zero-order valence-electron chi connectivity index (χ0n) is 29.8. The second-order valence-corrected chi connectivity index (χ2v) is 14.7. The number of fused-ring (bicyclic) bond motifs is 3. The van der Waals surface area contributed by atoms with Crippen LogP contribution in [0, 0.1) is 0 Å². The van der Waals surface area contributed by atoms with Crippen LogP contribution in [0.4, 0.5) is 0 Å². The number of benzene rings is 8. The summed E-state index contributed by atoms with van der Waals surface area (Å²) in [5, 5.41) is 2.36. The summed E-state index contributed by atoms with van der Waals surface area (Å²) in [6, 6.07) is 70.5. The highest BCUT2D eigenvalue weighted by molar-refractivity contribution is 7.26. The van der Waals surface area contributed by atoms with Crippen LogP contribution in [0.3, 0.4) is 0 Å². The van der Waals surface area contributed by atoms with Crippen LogP contribution in [0.15, 0.2) is 200 Å². The number of hydrogen-bond donors (Lipinski definition) is 0. The van der Waals surface area contributed by atoms with Crippen molar-refractivity contribution in [1.29, 1.82) is 0 Å². The molecule has 0 atom stereocenters. The van der Waals surface area contributed by atoms with E-state index < -0.39 is 0 Å². The van der Waals surface area contributed by atoms with E-state index >= 15 is 0 Å². The molecule has 2 aromatic heterocycles. The molecule has 8 aromatic carbocycles. The summed E-state index contributed by atoms with van der Waals surface area (Å²) in [6.07, 6.45) is 0. The molecule has 258 valence electrons. The van der Waals surface area contributed by atoms with Gasteiger partial charge in [0.15, 0.2) is 17.5 Å². The molecule has 10 rings (SSSR count). The van der Waals surface area contributed by atoms with Crippen LogP contribution in [0.2, 0.25) is 0 Å². The fraction of sp³-hybridized carbons (Fsp3) is 0. The van der Waals surface area contributed by atoms with Crippen LogP contribution in [-0.2, 0) is 0 Å². The van der Waals surface area contributed by atoms with E-state index in [0.29, 0.717) is 17.5 Å². The fourth-order valence-corrected chi connectivity index (χ4v) is 8.48. The summed E-state index contributed by atoms with van der Waals surface area (Å²) >= 11 is 1.80. The molecule has 0 aliphatic carbocycles. The van der Waals surface area contributed by atoms with Gasteiger partial charge in [-0.2, -0.15) is 0 Å². The van der Waals surface area contributed by atoms with Crippen LogP contribution in [0.1, 0.15) is 0 Å². The Labute approximate surface area is 323 Å². The fourth-order valence-electron chi connectivity index (χ4n) is 7.36. The van der Waals surface area contributed by atoms with Gasteiger partial charge in [-0.25, -0.2) is 15.0 Å². The molecule has 0 aliphatic rings. The van der Waals surface area contributed by atoms with E-state index in [2.05, 4.69) is 176 Å². The third-order valence-electron chi connectivity index (χ3n) is 10.2. The lowest BCUT2D eigenvalue weighted by atomic mass is 9.97. The van der Waals surface area contributed by atoms with Crippen molar-refractivity contribution in [3.8, 4) is 78.7 Å². The zero-order chi connectivity index (χ0) is 36.6. The highest BCUT2D eigenvalue weighted by Crippen LogP contribution is 2.42. The maximum atomic E-state index is 5.20.